The van der Waals surface area contributed by atoms with Gasteiger partial charge in [0, 0.05) is 0 Å². The van der Waals surface area contributed by atoms with Crippen molar-refractivity contribution >= 4 is 27.5 Å². The molecule has 0 radical (unpaired) electrons. The first-order valence-corrected chi connectivity index (χ1v) is 4.62. The van der Waals surface area contributed by atoms with Gasteiger partial charge in [-0.1, -0.05) is 11.6 Å². The Hall–Kier alpha value is -0.430. The van der Waals surface area contributed by atoms with E-state index in [2.05, 4.69) is 20.9 Å². The van der Waals surface area contributed by atoms with Crippen molar-refractivity contribution in [2.45, 2.75) is 12.6 Å². The van der Waals surface area contributed by atoms with E-state index in [0.29, 0.717) is 6.07 Å². The Morgan fingerprint density at radius 2 is 1.87 bits per heavy atom. The van der Waals surface area contributed by atoms with Gasteiger partial charge in [0.05, 0.1) is 10.6 Å². The Morgan fingerprint density at radius 1 is 1.33 bits per heavy atom. The lowest BCUT2D eigenvalue weighted by Crippen LogP contribution is -2.10. The van der Waals surface area contributed by atoms with E-state index in [1.165, 1.54) is 0 Å². The lowest BCUT2D eigenvalue weighted by molar-refractivity contribution is -0.141. The van der Waals surface area contributed by atoms with E-state index in [1.807, 2.05) is 0 Å². The molecule has 0 N–H and O–H groups in total. The highest BCUT2D eigenvalue weighted by atomic mass is 79.9. The number of halogens is 7. The number of alkyl halides is 5. The summed E-state index contributed by atoms with van der Waals surface area (Å²) < 4.78 is 60.5. The third-order valence-electron chi connectivity index (χ3n) is 1.46. The molecule has 0 atom stereocenters. The summed E-state index contributed by atoms with van der Waals surface area (Å²) in [6.07, 6.45) is -7.70. The summed E-state index contributed by atoms with van der Waals surface area (Å²) in [6.45, 7) is 0. The van der Waals surface area contributed by atoms with E-state index in [4.69, 9.17) is 11.6 Å². The molecule has 0 unspecified atom stereocenters. The second-order valence-electron chi connectivity index (χ2n) is 2.50. The van der Waals surface area contributed by atoms with Crippen molar-refractivity contribution < 1.29 is 22.0 Å². The molecule has 0 aromatic carbocycles. The third-order valence-corrected chi connectivity index (χ3v) is 2.38. The highest BCUT2D eigenvalue weighted by molar-refractivity contribution is 9.10. The number of rotatable bonds is 1. The van der Waals surface area contributed by atoms with Gasteiger partial charge >= 0.3 is 6.18 Å². The van der Waals surface area contributed by atoms with Crippen LogP contribution in [0.1, 0.15) is 17.7 Å². The maximum absolute atomic E-state index is 12.2. The van der Waals surface area contributed by atoms with Crippen LogP contribution in [0.4, 0.5) is 22.0 Å². The fourth-order valence-corrected chi connectivity index (χ4v) is 1.56. The molecule has 1 aromatic rings. The lowest BCUT2D eigenvalue weighted by Gasteiger charge is -2.10. The Bertz CT molecular complexity index is 378. The quantitative estimate of drug-likeness (QED) is 0.551. The van der Waals surface area contributed by atoms with Crippen molar-refractivity contribution in [3.63, 3.8) is 0 Å². The van der Waals surface area contributed by atoms with Gasteiger partial charge in [-0.3, -0.25) is 0 Å². The first-order valence-electron chi connectivity index (χ1n) is 3.44. The van der Waals surface area contributed by atoms with Gasteiger partial charge < -0.3 is 0 Å². The van der Waals surface area contributed by atoms with Crippen LogP contribution in [-0.4, -0.2) is 4.98 Å². The molecule has 0 aliphatic carbocycles. The normalized spacial score (nSPS) is 12.3. The minimum atomic E-state index is -4.76. The second-order valence-corrected chi connectivity index (χ2v) is 3.66. The average Bonchev–Trinajstić information content (AvgIpc) is 2.06. The number of hydrogen-bond donors (Lipinski definition) is 0. The standard InChI is InChI=1S/C7H2BrClF5N/c8-5-2(6(10)11)1-3(9)4(15-5)7(12,13)14/h1,6H. The zero-order valence-corrected chi connectivity index (χ0v) is 9.09. The van der Waals surface area contributed by atoms with E-state index in [0.717, 1.165) is 0 Å². The molecule has 8 heteroatoms. The zero-order chi connectivity index (χ0) is 11.8. The highest BCUT2D eigenvalue weighted by Gasteiger charge is 2.36. The van der Waals surface area contributed by atoms with Crippen LogP contribution < -0.4 is 0 Å². The Morgan fingerprint density at radius 3 is 2.27 bits per heavy atom. The fourth-order valence-electron chi connectivity index (χ4n) is 0.832. The average molecular weight is 310 g/mol. The summed E-state index contributed by atoms with van der Waals surface area (Å²) in [4.78, 5) is 2.94. The molecule has 84 valence electrons. The van der Waals surface area contributed by atoms with Gasteiger partial charge in [0.25, 0.3) is 6.43 Å². The van der Waals surface area contributed by atoms with Gasteiger partial charge in [-0.15, -0.1) is 0 Å². The Kier molecular flexibility index (Phi) is 3.55. The molecule has 0 aliphatic heterocycles. The molecule has 0 fully saturated rings. The van der Waals surface area contributed by atoms with Gasteiger partial charge in [0.15, 0.2) is 5.69 Å². The molecule has 1 aromatic heterocycles. The molecule has 1 rings (SSSR count). The number of nitrogens with zero attached hydrogens (tertiary/aromatic N) is 1. The van der Waals surface area contributed by atoms with Crippen LogP contribution in [0.5, 0.6) is 0 Å². The smallest absolute Gasteiger partial charge is 0.234 e. The summed E-state index contributed by atoms with van der Waals surface area (Å²) in [7, 11) is 0. The van der Waals surface area contributed by atoms with Gasteiger partial charge in [0.1, 0.15) is 4.60 Å². The van der Waals surface area contributed by atoms with Gasteiger partial charge in [0.2, 0.25) is 0 Å². The summed E-state index contributed by atoms with van der Waals surface area (Å²) in [5.41, 5.74) is -2.06. The maximum atomic E-state index is 12.2. The van der Waals surface area contributed by atoms with Gasteiger partial charge in [-0.25, -0.2) is 13.8 Å². The Balaban J connectivity index is 3.32. The molecule has 0 saturated carbocycles. The molecular weight excluding hydrogens is 308 g/mol. The predicted molar refractivity (Wildman–Crippen MR) is 46.9 cm³/mol. The molecule has 1 heterocycles. The molecule has 0 amide bonds. The first-order chi connectivity index (χ1) is 6.73. The topological polar surface area (TPSA) is 12.9 Å². The first kappa shape index (κ1) is 12.6. The highest BCUT2D eigenvalue weighted by Crippen LogP contribution is 2.37. The maximum Gasteiger partial charge on any atom is 0.434 e. The van der Waals surface area contributed by atoms with E-state index >= 15 is 0 Å². The zero-order valence-electron chi connectivity index (χ0n) is 6.75. The minimum absolute atomic E-state index is 0.548. The summed E-state index contributed by atoms with van der Waals surface area (Å²) in [6, 6.07) is 0.548. The summed E-state index contributed by atoms with van der Waals surface area (Å²) in [5, 5.41) is -0.846. The summed E-state index contributed by atoms with van der Waals surface area (Å²) >= 11 is 7.72. The summed E-state index contributed by atoms with van der Waals surface area (Å²) in [5.74, 6) is 0. The van der Waals surface area contributed by atoms with Crippen LogP contribution in [0, 0.1) is 0 Å². The number of pyridine rings is 1. The van der Waals surface area contributed by atoms with Crippen LogP contribution in [0.15, 0.2) is 10.7 Å². The van der Waals surface area contributed by atoms with Crippen molar-refractivity contribution in [3.05, 3.63) is 26.9 Å². The van der Waals surface area contributed by atoms with Crippen molar-refractivity contribution in [2.24, 2.45) is 0 Å². The second kappa shape index (κ2) is 4.21. The van der Waals surface area contributed by atoms with Crippen LogP contribution in [0.3, 0.4) is 0 Å². The van der Waals surface area contributed by atoms with Crippen LogP contribution >= 0.6 is 27.5 Å². The van der Waals surface area contributed by atoms with E-state index in [-0.39, 0.29) is 0 Å². The molecular formula is C7H2BrClF5N. The van der Waals surface area contributed by atoms with Crippen LogP contribution in [0.2, 0.25) is 5.02 Å². The van der Waals surface area contributed by atoms with Gasteiger partial charge in [-0.2, -0.15) is 13.2 Å². The monoisotopic (exact) mass is 309 g/mol. The van der Waals surface area contributed by atoms with Crippen LogP contribution in [-0.2, 0) is 6.18 Å². The lowest BCUT2D eigenvalue weighted by atomic mass is 10.2. The number of hydrogen-bond acceptors (Lipinski definition) is 1. The molecule has 15 heavy (non-hydrogen) atoms. The largest absolute Gasteiger partial charge is 0.434 e. The van der Waals surface area contributed by atoms with E-state index in [9.17, 15) is 22.0 Å². The van der Waals surface area contributed by atoms with Gasteiger partial charge in [-0.05, 0) is 22.0 Å². The fraction of sp³-hybridized carbons (Fsp3) is 0.286. The van der Waals surface area contributed by atoms with E-state index < -0.39 is 33.5 Å². The molecule has 0 saturated heterocycles. The number of aromatic nitrogens is 1. The van der Waals surface area contributed by atoms with Crippen LogP contribution in [0.25, 0.3) is 0 Å². The molecule has 0 spiro atoms. The van der Waals surface area contributed by atoms with Crippen molar-refractivity contribution in [1.82, 2.24) is 4.98 Å². The van der Waals surface area contributed by atoms with E-state index in [1.54, 1.807) is 0 Å². The molecule has 0 aliphatic rings. The van der Waals surface area contributed by atoms with Crippen molar-refractivity contribution in [3.8, 4) is 0 Å². The molecule has 1 nitrogen and oxygen atoms in total. The third kappa shape index (κ3) is 2.78. The SMILES string of the molecule is FC(F)c1cc(Cl)c(C(F)(F)F)nc1Br. The Labute approximate surface area is 94.4 Å². The molecule has 0 bridgehead atoms. The minimum Gasteiger partial charge on any atom is -0.234 e. The predicted octanol–water partition coefficient (Wildman–Crippen LogP) is 4.45. The van der Waals surface area contributed by atoms with Crippen molar-refractivity contribution in [2.75, 3.05) is 0 Å². The van der Waals surface area contributed by atoms with Crippen molar-refractivity contribution in [1.29, 1.82) is 0 Å².